The summed E-state index contributed by atoms with van der Waals surface area (Å²) in [6, 6.07) is 5.96. The van der Waals surface area contributed by atoms with E-state index in [1.807, 2.05) is 19.1 Å². The fraction of sp³-hybridized carbons (Fsp3) is 0.500. The smallest absolute Gasteiger partial charge is 0.0587 e. The first-order valence-electron chi connectivity index (χ1n) is 7.27. The van der Waals surface area contributed by atoms with Crippen LogP contribution in [0.25, 0.3) is 10.9 Å². The van der Waals surface area contributed by atoms with Gasteiger partial charge in [0.15, 0.2) is 0 Å². The highest BCUT2D eigenvalue weighted by Crippen LogP contribution is 2.25. The van der Waals surface area contributed by atoms with E-state index in [1.54, 1.807) is 7.11 Å². The van der Waals surface area contributed by atoms with Crippen LogP contribution in [-0.4, -0.2) is 36.0 Å². The molecule has 0 aliphatic rings. The number of nitrogens with one attached hydrogen (secondary N) is 1. The molecule has 0 saturated carbocycles. The first-order chi connectivity index (χ1) is 10.1. The topological polar surface area (TPSA) is 46.4 Å². The lowest BCUT2D eigenvalue weighted by Crippen LogP contribution is -2.18. The van der Waals surface area contributed by atoms with Crippen molar-refractivity contribution in [2.45, 2.75) is 32.5 Å². The van der Waals surface area contributed by atoms with Crippen LogP contribution >= 0.6 is 11.6 Å². The molecule has 4 nitrogen and oxygen atoms in total. The molecule has 0 fully saturated rings. The van der Waals surface area contributed by atoms with E-state index in [1.165, 1.54) is 10.9 Å². The fourth-order valence-corrected chi connectivity index (χ4v) is 2.56. The van der Waals surface area contributed by atoms with Gasteiger partial charge in [0.25, 0.3) is 0 Å². The van der Waals surface area contributed by atoms with Gasteiger partial charge in [-0.15, -0.1) is 0 Å². The number of hydrogen-bond donors (Lipinski definition) is 2. The van der Waals surface area contributed by atoms with Gasteiger partial charge in [-0.2, -0.15) is 0 Å². The monoisotopic (exact) mass is 310 g/mol. The summed E-state index contributed by atoms with van der Waals surface area (Å²) in [5, 5.41) is 14.8. The second-order valence-corrected chi connectivity index (χ2v) is 5.75. The maximum Gasteiger partial charge on any atom is 0.0587 e. The van der Waals surface area contributed by atoms with Crippen LogP contribution in [0, 0.1) is 0 Å². The van der Waals surface area contributed by atoms with Gasteiger partial charge in [-0.1, -0.05) is 17.7 Å². The Balaban J connectivity index is 2.20. The van der Waals surface area contributed by atoms with Gasteiger partial charge in [-0.3, -0.25) is 0 Å². The van der Waals surface area contributed by atoms with Crippen LogP contribution in [0.15, 0.2) is 24.4 Å². The van der Waals surface area contributed by atoms with E-state index in [9.17, 15) is 5.11 Å². The molecule has 2 N–H and O–H groups in total. The molecule has 1 aromatic carbocycles. The third kappa shape index (κ3) is 4.45. The number of aliphatic hydroxyl groups excluding tert-OH is 1. The number of halogens is 1. The zero-order chi connectivity index (χ0) is 15.2. The minimum absolute atomic E-state index is 0.301. The Bertz CT molecular complexity index is 581. The molecular formula is C16H23ClN2O2. The van der Waals surface area contributed by atoms with Gasteiger partial charge in [-0.25, -0.2) is 0 Å². The lowest BCUT2D eigenvalue weighted by atomic mass is 10.2. The van der Waals surface area contributed by atoms with Crippen molar-refractivity contribution in [3.8, 4) is 0 Å². The molecule has 5 heteroatoms. The van der Waals surface area contributed by atoms with Crippen molar-refractivity contribution >= 4 is 22.5 Å². The van der Waals surface area contributed by atoms with Crippen molar-refractivity contribution in [2.24, 2.45) is 0 Å². The Labute approximate surface area is 130 Å². The summed E-state index contributed by atoms with van der Waals surface area (Å²) in [7, 11) is 1.70. The van der Waals surface area contributed by atoms with Crippen molar-refractivity contribution in [1.82, 2.24) is 9.88 Å². The average molecular weight is 311 g/mol. The van der Waals surface area contributed by atoms with E-state index in [-0.39, 0.29) is 6.10 Å². The molecule has 0 aliphatic carbocycles. The van der Waals surface area contributed by atoms with Gasteiger partial charge in [0.05, 0.1) is 12.7 Å². The summed E-state index contributed by atoms with van der Waals surface area (Å²) in [6.45, 7) is 4.92. The van der Waals surface area contributed by atoms with E-state index in [0.717, 1.165) is 36.6 Å². The fourth-order valence-electron chi connectivity index (χ4n) is 2.39. The number of aryl methyl sites for hydroxylation is 1. The van der Waals surface area contributed by atoms with Crippen molar-refractivity contribution < 1.29 is 9.84 Å². The highest BCUT2D eigenvalue weighted by Gasteiger charge is 2.09. The van der Waals surface area contributed by atoms with Gasteiger partial charge >= 0.3 is 0 Å². The van der Waals surface area contributed by atoms with Crippen molar-refractivity contribution in [2.75, 3.05) is 20.3 Å². The van der Waals surface area contributed by atoms with Crippen molar-refractivity contribution in [3.05, 3.63) is 35.0 Å². The number of fused-ring (bicyclic) bond motifs is 1. The number of methoxy groups -OCH3 is 1. The number of aliphatic hydroxyl groups is 1. The van der Waals surface area contributed by atoms with Crippen molar-refractivity contribution in [3.63, 3.8) is 0 Å². The van der Waals surface area contributed by atoms with Crippen LogP contribution in [0.3, 0.4) is 0 Å². The van der Waals surface area contributed by atoms with E-state index >= 15 is 0 Å². The van der Waals surface area contributed by atoms with Crippen LogP contribution < -0.4 is 5.32 Å². The zero-order valence-electron chi connectivity index (χ0n) is 12.6. The molecular weight excluding hydrogens is 288 g/mol. The second-order valence-electron chi connectivity index (χ2n) is 5.32. The maximum absolute atomic E-state index is 9.48. The molecule has 0 aliphatic heterocycles. The molecule has 0 saturated heterocycles. The van der Waals surface area contributed by atoms with Crippen LogP contribution in [0.5, 0.6) is 0 Å². The lowest BCUT2D eigenvalue weighted by Gasteiger charge is -2.07. The molecule has 0 bridgehead atoms. The van der Waals surface area contributed by atoms with Gasteiger partial charge < -0.3 is 19.7 Å². The molecule has 1 unspecified atom stereocenters. The van der Waals surface area contributed by atoms with Crippen LogP contribution in [0.2, 0.25) is 5.02 Å². The highest BCUT2D eigenvalue weighted by atomic mass is 35.5. The zero-order valence-corrected chi connectivity index (χ0v) is 13.4. The molecule has 1 heterocycles. The summed E-state index contributed by atoms with van der Waals surface area (Å²) in [4.78, 5) is 0. The van der Waals surface area contributed by atoms with Crippen LogP contribution in [0.4, 0.5) is 0 Å². The average Bonchev–Trinajstić information content (AvgIpc) is 2.79. The van der Waals surface area contributed by atoms with Gasteiger partial charge in [-0.05, 0) is 31.0 Å². The molecule has 116 valence electrons. The molecule has 0 spiro atoms. The Kier molecular flexibility index (Phi) is 6.06. The molecule has 2 aromatic rings. The number of aromatic nitrogens is 1. The molecule has 2 rings (SSSR count). The number of ether oxygens (including phenoxy) is 1. The van der Waals surface area contributed by atoms with E-state index in [2.05, 4.69) is 22.1 Å². The SMILES string of the molecule is COCCNCc1cn(CCC(C)O)c2cc(Cl)ccc12. The maximum atomic E-state index is 9.48. The van der Waals surface area contributed by atoms with Crippen LogP contribution in [0.1, 0.15) is 18.9 Å². The molecule has 0 radical (unpaired) electrons. The molecule has 21 heavy (non-hydrogen) atoms. The summed E-state index contributed by atoms with van der Waals surface area (Å²) >= 11 is 6.11. The van der Waals surface area contributed by atoms with Crippen molar-refractivity contribution in [1.29, 1.82) is 0 Å². The molecule has 1 aromatic heterocycles. The number of hydrogen-bond acceptors (Lipinski definition) is 3. The first-order valence-corrected chi connectivity index (χ1v) is 7.64. The quantitative estimate of drug-likeness (QED) is 0.737. The standard InChI is InChI=1S/C16H23ClN2O2/c1-12(20)5-7-19-11-13(10-18-6-8-21-2)15-4-3-14(17)9-16(15)19/h3-4,9,11-12,18,20H,5-8,10H2,1-2H3. The Hall–Kier alpha value is -1.07. The van der Waals surface area contributed by atoms with Crippen LogP contribution in [-0.2, 0) is 17.8 Å². The Morgan fingerprint density at radius 3 is 2.95 bits per heavy atom. The number of benzene rings is 1. The largest absolute Gasteiger partial charge is 0.393 e. The lowest BCUT2D eigenvalue weighted by molar-refractivity contribution is 0.178. The van der Waals surface area contributed by atoms with E-state index < -0.39 is 0 Å². The summed E-state index contributed by atoms with van der Waals surface area (Å²) in [5.41, 5.74) is 2.36. The number of rotatable bonds is 8. The summed E-state index contributed by atoms with van der Waals surface area (Å²) in [5.74, 6) is 0. The Morgan fingerprint density at radius 2 is 2.24 bits per heavy atom. The molecule has 1 atom stereocenters. The summed E-state index contributed by atoms with van der Waals surface area (Å²) < 4.78 is 7.21. The predicted octanol–water partition coefficient (Wildman–Crippen LogP) is 2.80. The summed E-state index contributed by atoms with van der Waals surface area (Å²) in [6.07, 6.45) is 2.57. The van der Waals surface area contributed by atoms with Gasteiger partial charge in [0, 0.05) is 48.9 Å². The third-order valence-electron chi connectivity index (χ3n) is 3.51. The van der Waals surface area contributed by atoms with Gasteiger partial charge in [0.2, 0.25) is 0 Å². The minimum Gasteiger partial charge on any atom is -0.393 e. The first kappa shape index (κ1) is 16.3. The third-order valence-corrected chi connectivity index (χ3v) is 3.75. The van der Waals surface area contributed by atoms with E-state index in [0.29, 0.717) is 6.61 Å². The van der Waals surface area contributed by atoms with E-state index in [4.69, 9.17) is 16.3 Å². The minimum atomic E-state index is -0.301. The normalized spacial score (nSPS) is 13.0. The highest BCUT2D eigenvalue weighted by molar-refractivity contribution is 6.31. The Morgan fingerprint density at radius 1 is 1.43 bits per heavy atom. The predicted molar refractivity (Wildman–Crippen MR) is 86.8 cm³/mol. The number of nitrogens with zero attached hydrogens (tertiary/aromatic N) is 1. The molecule has 0 amide bonds. The van der Waals surface area contributed by atoms with Gasteiger partial charge in [0.1, 0.15) is 0 Å². The second kappa shape index (κ2) is 7.80.